The number of nitrogens with zero attached hydrogens (tertiary/aromatic N) is 3. The molecule has 1 aliphatic heterocycles. The Kier molecular flexibility index (Phi) is 5.08. The van der Waals surface area contributed by atoms with Gasteiger partial charge in [0.25, 0.3) is 0 Å². The summed E-state index contributed by atoms with van der Waals surface area (Å²) < 4.78 is 7.21. The maximum absolute atomic E-state index is 12.1. The van der Waals surface area contributed by atoms with E-state index in [1.165, 1.54) is 0 Å². The zero-order valence-electron chi connectivity index (χ0n) is 13.9. The van der Waals surface area contributed by atoms with Gasteiger partial charge in [-0.25, -0.2) is 4.79 Å². The van der Waals surface area contributed by atoms with Crippen LogP contribution in [0.1, 0.15) is 32.8 Å². The molecule has 0 spiro atoms. The number of nitrogens with two attached hydrogens (primary N) is 1. The van der Waals surface area contributed by atoms with Gasteiger partial charge in [0.2, 0.25) is 0 Å². The number of carbonyl (C=O) groups is 1. The predicted octanol–water partition coefficient (Wildman–Crippen LogP) is 1.05. The van der Waals surface area contributed by atoms with Crippen LogP contribution in [-0.4, -0.2) is 45.5 Å². The highest BCUT2D eigenvalue weighted by Crippen LogP contribution is 2.23. The molecule has 0 radical (unpaired) electrons. The van der Waals surface area contributed by atoms with Crippen molar-refractivity contribution in [3.05, 3.63) is 18.0 Å². The molecule has 7 nitrogen and oxygen atoms in total. The number of carbonyl (C=O) groups excluding carboxylic acids is 1. The molecular formula is C15H27N5O2. The van der Waals surface area contributed by atoms with E-state index in [-0.39, 0.29) is 12.1 Å². The van der Waals surface area contributed by atoms with Crippen molar-refractivity contribution in [1.82, 2.24) is 20.1 Å². The van der Waals surface area contributed by atoms with Crippen LogP contribution in [0.4, 0.5) is 4.79 Å². The summed E-state index contributed by atoms with van der Waals surface area (Å²) in [4.78, 5) is 13.9. The predicted molar refractivity (Wildman–Crippen MR) is 83.9 cm³/mol. The zero-order valence-corrected chi connectivity index (χ0v) is 13.9. The molecule has 124 valence electrons. The molecule has 2 heterocycles. The van der Waals surface area contributed by atoms with Crippen molar-refractivity contribution in [3.63, 3.8) is 0 Å². The molecule has 3 N–H and O–H groups in total. The first-order valence-corrected chi connectivity index (χ1v) is 7.70. The van der Waals surface area contributed by atoms with Crippen LogP contribution in [0.15, 0.2) is 12.4 Å². The van der Waals surface area contributed by atoms with Crippen molar-refractivity contribution in [1.29, 1.82) is 0 Å². The summed E-state index contributed by atoms with van der Waals surface area (Å²) in [6, 6.07) is 0.122. The summed E-state index contributed by atoms with van der Waals surface area (Å²) in [5, 5.41) is 4.18. The number of likely N-dealkylation sites (tertiary alicyclic amines) is 1. The van der Waals surface area contributed by atoms with Gasteiger partial charge in [-0.2, -0.15) is 5.10 Å². The molecule has 2 unspecified atom stereocenters. The summed E-state index contributed by atoms with van der Waals surface area (Å²) in [6.07, 6.45) is 5.33. The van der Waals surface area contributed by atoms with Crippen molar-refractivity contribution in [3.8, 4) is 0 Å². The second-order valence-electron chi connectivity index (χ2n) is 6.97. The smallest absolute Gasteiger partial charge is 0.410 e. The summed E-state index contributed by atoms with van der Waals surface area (Å²) in [7, 11) is 1.90. The Hall–Kier alpha value is -1.60. The fourth-order valence-corrected chi connectivity index (χ4v) is 2.80. The van der Waals surface area contributed by atoms with Gasteiger partial charge in [0, 0.05) is 32.4 Å². The van der Waals surface area contributed by atoms with Gasteiger partial charge in [-0.1, -0.05) is 0 Å². The molecule has 1 aromatic heterocycles. The Morgan fingerprint density at radius 2 is 2.32 bits per heavy atom. The number of amides is 1. The minimum absolute atomic E-state index is 0.122. The third kappa shape index (κ3) is 4.45. The average Bonchev–Trinajstić information content (AvgIpc) is 3.03. The first-order valence-electron chi connectivity index (χ1n) is 7.70. The van der Waals surface area contributed by atoms with E-state index in [1.54, 1.807) is 9.58 Å². The van der Waals surface area contributed by atoms with E-state index >= 15 is 0 Å². The molecule has 1 fully saturated rings. The van der Waals surface area contributed by atoms with E-state index in [2.05, 4.69) is 10.5 Å². The number of aryl methyl sites for hydroxylation is 1. The SMILES string of the molecule is Cn1cc(CC(NN)C2CCN(C(=O)OC(C)(C)C)C2)cn1. The molecule has 1 aliphatic rings. The van der Waals surface area contributed by atoms with Crippen molar-refractivity contribution < 1.29 is 9.53 Å². The normalized spacial score (nSPS) is 20.2. The fraction of sp³-hybridized carbons (Fsp3) is 0.733. The van der Waals surface area contributed by atoms with Crippen LogP contribution in [0.3, 0.4) is 0 Å². The third-order valence-corrected chi connectivity index (χ3v) is 3.87. The molecule has 1 amide bonds. The van der Waals surface area contributed by atoms with Crippen LogP contribution in [-0.2, 0) is 18.2 Å². The lowest BCUT2D eigenvalue weighted by molar-refractivity contribution is 0.0285. The van der Waals surface area contributed by atoms with Crippen LogP contribution >= 0.6 is 0 Å². The Morgan fingerprint density at radius 1 is 1.59 bits per heavy atom. The summed E-state index contributed by atoms with van der Waals surface area (Å²) in [5.74, 6) is 6.04. The third-order valence-electron chi connectivity index (χ3n) is 3.87. The number of nitrogens with one attached hydrogen (secondary N) is 1. The van der Waals surface area contributed by atoms with Crippen LogP contribution < -0.4 is 11.3 Å². The van der Waals surface area contributed by atoms with E-state index in [4.69, 9.17) is 10.6 Å². The van der Waals surface area contributed by atoms with Gasteiger partial charge < -0.3 is 9.64 Å². The van der Waals surface area contributed by atoms with E-state index in [9.17, 15) is 4.79 Å². The quantitative estimate of drug-likeness (QED) is 0.641. The van der Waals surface area contributed by atoms with Crippen LogP contribution in [0.25, 0.3) is 0 Å². The molecule has 1 saturated heterocycles. The molecular weight excluding hydrogens is 282 g/mol. The summed E-state index contributed by atoms with van der Waals surface area (Å²) >= 11 is 0. The lowest BCUT2D eigenvalue weighted by atomic mass is 9.94. The van der Waals surface area contributed by atoms with Crippen molar-refractivity contribution in [2.75, 3.05) is 13.1 Å². The Morgan fingerprint density at radius 3 is 2.86 bits per heavy atom. The van der Waals surface area contributed by atoms with Gasteiger partial charge in [0.1, 0.15) is 5.60 Å². The number of ether oxygens (including phenoxy) is 1. The van der Waals surface area contributed by atoms with E-state index in [0.717, 1.165) is 18.4 Å². The van der Waals surface area contributed by atoms with Gasteiger partial charge in [-0.05, 0) is 45.1 Å². The highest BCUT2D eigenvalue weighted by atomic mass is 16.6. The number of rotatable bonds is 4. The first kappa shape index (κ1) is 16.8. The number of hydrazine groups is 1. The molecule has 0 bridgehead atoms. The van der Waals surface area contributed by atoms with Gasteiger partial charge in [-0.3, -0.25) is 16.0 Å². The highest BCUT2D eigenvalue weighted by molar-refractivity contribution is 5.68. The first-order chi connectivity index (χ1) is 10.3. The van der Waals surface area contributed by atoms with Crippen LogP contribution in [0.5, 0.6) is 0 Å². The van der Waals surface area contributed by atoms with Crippen molar-refractivity contribution >= 4 is 6.09 Å². The molecule has 0 aromatic carbocycles. The molecule has 2 atom stereocenters. The zero-order chi connectivity index (χ0) is 16.3. The maximum Gasteiger partial charge on any atom is 0.410 e. The minimum Gasteiger partial charge on any atom is -0.444 e. The monoisotopic (exact) mass is 309 g/mol. The highest BCUT2D eigenvalue weighted by Gasteiger charge is 2.33. The lowest BCUT2D eigenvalue weighted by Crippen LogP contribution is -2.44. The Balaban J connectivity index is 1.91. The molecule has 2 rings (SSSR count). The fourth-order valence-electron chi connectivity index (χ4n) is 2.80. The topological polar surface area (TPSA) is 85.4 Å². The largest absolute Gasteiger partial charge is 0.444 e. The summed E-state index contributed by atoms with van der Waals surface area (Å²) in [6.45, 7) is 7.02. The standard InChI is InChI=1S/C15H27N5O2/c1-15(2,3)22-14(21)20-6-5-12(10-20)13(18-16)7-11-8-17-19(4)9-11/h8-9,12-13,18H,5-7,10,16H2,1-4H3. The molecule has 22 heavy (non-hydrogen) atoms. The molecule has 0 saturated carbocycles. The Labute approximate surface area is 131 Å². The lowest BCUT2D eigenvalue weighted by Gasteiger charge is -2.26. The second-order valence-corrected chi connectivity index (χ2v) is 6.97. The number of hydrogen-bond acceptors (Lipinski definition) is 5. The van der Waals surface area contributed by atoms with Gasteiger partial charge in [0.05, 0.1) is 6.20 Å². The van der Waals surface area contributed by atoms with Gasteiger partial charge in [0.15, 0.2) is 0 Å². The van der Waals surface area contributed by atoms with E-state index in [1.807, 2.05) is 40.2 Å². The van der Waals surface area contributed by atoms with Crippen LogP contribution in [0, 0.1) is 5.92 Å². The van der Waals surface area contributed by atoms with E-state index < -0.39 is 5.60 Å². The van der Waals surface area contributed by atoms with Crippen LogP contribution in [0.2, 0.25) is 0 Å². The number of hydrogen-bond donors (Lipinski definition) is 2. The van der Waals surface area contributed by atoms with Gasteiger partial charge >= 0.3 is 6.09 Å². The number of aromatic nitrogens is 2. The second kappa shape index (κ2) is 6.66. The molecule has 1 aromatic rings. The molecule has 0 aliphatic carbocycles. The van der Waals surface area contributed by atoms with Crippen molar-refractivity contribution in [2.24, 2.45) is 18.8 Å². The minimum atomic E-state index is -0.462. The molecule has 7 heteroatoms. The Bertz CT molecular complexity index is 508. The van der Waals surface area contributed by atoms with E-state index in [0.29, 0.717) is 19.0 Å². The summed E-state index contributed by atoms with van der Waals surface area (Å²) in [5.41, 5.74) is 3.57. The average molecular weight is 309 g/mol. The maximum atomic E-state index is 12.1. The van der Waals surface area contributed by atoms with Gasteiger partial charge in [-0.15, -0.1) is 0 Å². The van der Waals surface area contributed by atoms with Crippen molar-refractivity contribution in [2.45, 2.75) is 45.3 Å².